The molecule has 3 rings (SSSR count). The van der Waals surface area contributed by atoms with Crippen molar-refractivity contribution in [1.82, 2.24) is 15.1 Å². The second-order valence-electron chi connectivity index (χ2n) is 7.02. The normalized spacial score (nSPS) is 18.1. The van der Waals surface area contributed by atoms with Crippen LogP contribution in [0.15, 0.2) is 24.3 Å². The quantitative estimate of drug-likeness (QED) is 0.721. The summed E-state index contributed by atoms with van der Waals surface area (Å²) in [6.07, 6.45) is 3.33. The molecule has 1 aromatic carbocycles. The van der Waals surface area contributed by atoms with Crippen LogP contribution >= 0.6 is 11.6 Å². The van der Waals surface area contributed by atoms with Gasteiger partial charge in [-0.1, -0.05) is 36.6 Å². The van der Waals surface area contributed by atoms with E-state index in [4.69, 9.17) is 16.3 Å². The lowest BCUT2D eigenvalue weighted by molar-refractivity contribution is -0.133. The Morgan fingerprint density at radius 3 is 2.70 bits per heavy atom. The maximum atomic E-state index is 12.6. The molecule has 8 heteroatoms. The molecule has 1 spiro atoms. The second-order valence-corrected chi connectivity index (χ2v) is 7.43. The van der Waals surface area contributed by atoms with E-state index in [-0.39, 0.29) is 30.8 Å². The number of imide groups is 1. The van der Waals surface area contributed by atoms with Gasteiger partial charge in [-0.2, -0.15) is 0 Å². The summed E-state index contributed by atoms with van der Waals surface area (Å²) < 4.78 is 5.58. The summed E-state index contributed by atoms with van der Waals surface area (Å²) in [5.41, 5.74) is -0.727. The second kappa shape index (κ2) is 8.17. The van der Waals surface area contributed by atoms with Crippen LogP contribution in [0.1, 0.15) is 32.1 Å². The van der Waals surface area contributed by atoms with E-state index in [0.717, 1.165) is 12.8 Å². The lowest BCUT2D eigenvalue weighted by Crippen LogP contribution is -2.44. The minimum absolute atomic E-state index is 0.0951. The highest BCUT2D eigenvalue weighted by atomic mass is 35.5. The predicted molar refractivity (Wildman–Crippen MR) is 101 cm³/mol. The number of halogens is 1. The van der Waals surface area contributed by atoms with E-state index in [9.17, 15) is 14.4 Å². The van der Waals surface area contributed by atoms with Gasteiger partial charge in [0.1, 0.15) is 17.9 Å². The van der Waals surface area contributed by atoms with E-state index >= 15 is 0 Å². The number of rotatable bonds is 7. The van der Waals surface area contributed by atoms with Crippen molar-refractivity contribution in [2.24, 2.45) is 0 Å². The van der Waals surface area contributed by atoms with Gasteiger partial charge in [-0.3, -0.25) is 14.5 Å². The number of nitrogens with one attached hydrogen (secondary N) is 1. The minimum Gasteiger partial charge on any atom is -0.490 e. The highest BCUT2D eigenvalue weighted by Crippen LogP contribution is 2.35. The molecular formula is C19H24ClN3O4. The number of amides is 4. The standard InChI is InChI=1S/C19H24ClN3O4/c1-22(12-13-27-15-7-3-2-6-14(15)20)16(24)8-11-23-17(25)19(21-18(23)26)9-4-5-10-19/h2-3,6-7H,4-5,8-13H2,1H3,(H,21,26). The van der Waals surface area contributed by atoms with Gasteiger partial charge in [0.25, 0.3) is 5.91 Å². The van der Waals surface area contributed by atoms with Crippen LogP contribution in [0, 0.1) is 0 Å². The van der Waals surface area contributed by atoms with Crippen molar-refractivity contribution in [3.05, 3.63) is 29.3 Å². The molecular weight excluding hydrogens is 370 g/mol. The SMILES string of the molecule is CN(CCOc1ccccc1Cl)C(=O)CCN1C(=O)NC2(CCCC2)C1=O. The number of hydrogen-bond donors (Lipinski definition) is 1. The third-order valence-electron chi connectivity index (χ3n) is 5.20. The fourth-order valence-electron chi connectivity index (χ4n) is 3.57. The zero-order valence-corrected chi connectivity index (χ0v) is 16.1. The lowest BCUT2D eigenvalue weighted by atomic mass is 9.98. The van der Waals surface area contributed by atoms with Crippen molar-refractivity contribution in [1.29, 1.82) is 0 Å². The van der Waals surface area contributed by atoms with E-state index in [0.29, 0.717) is 36.8 Å². The van der Waals surface area contributed by atoms with E-state index in [1.807, 2.05) is 12.1 Å². The van der Waals surface area contributed by atoms with Gasteiger partial charge >= 0.3 is 6.03 Å². The molecule has 27 heavy (non-hydrogen) atoms. The number of likely N-dealkylation sites (N-methyl/N-ethyl adjacent to an activating group) is 1. The number of carbonyl (C=O) groups is 3. The van der Waals surface area contributed by atoms with Crippen molar-refractivity contribution in [3.63, 3.8) is 0 Å². The van der Waals surface area contributed by atoms with Crippen LogP contribution in [0.3, 0.4) is 0 Å². The van der Waals surface area contributed by atoms with Gasteiger partial charge in [-0.25, -0.2) is 4.79 Å². The highest BCUT2D eigenvalue weighted by Gasteiger charge is 2.52. The number of carbonyl (C=O) groups excluding carboxylic acids is 3. The smallest absolute Gasteiger partial charge is 0.325 e. The number of para-hydroxylation sites is 1. The largest absolute Gasteiger partial charge is 0.490 e. The van der Waals surface area contributed by atoms with E-state index in [2.05, 4.69) is 5.32 Å². The summed E-state index contributed by atoms with van der Waals surface area (Å²) in [6, 6.07) is 6.75. The van der Waals surface area contributed by atoms with Crippen LogP contribution in [0.4, 0.5) is 4.79 Å². The molecule has 1 heterocycles. The van der Waals surface area contributed by atoms with Crippen LogP contribution in [0.5, 0.6) is 5.75 Å². The molecule has 0 radical (unpaired) electrons. The maximum absolute atomic E-state index is 12.6. The number of ether oxygens (including phenoxy) is 1. The van der Waals surface area contributed by atoms with Crippen molar-refractivity contribution < 1.29 is 19.1 Å². The van der Waals surface area contributed by atoms with Crippen LogP contribution in [0.25, 0.3) is 0 Å². The average molecular weight is 394 g/mol. The Bertz CT molecular complexity index is 733. The van der Waals surface area contributed by atoms with E-state index < -0.39 is 5.54 Å². The van der Waals surface area contributed by atoms with Gasteiger partial charge in [0.2, 0.25) is 5.91 Å². The monoisotopic (exact) mass is 393 g/mol. The molecule has 0 aromatic heterocycles. The van der Waals surface area contributed by atoms with Crippen LogP contribution in [0.2, 0.25) is 5.02 Å². The Kier molecular flexibility index (Phi) is 5.89. The average Bonchev–Trinajstić information content (AvgIpc) is 3.20. The van der Waals surface area contributed by atoms with Gasteiger partial charge in [0.15, 0.2) is 0 Å². The number of nitrogens with zero attached hydrogens (tertiary/aromatic N) is 2. The Hall–Kier alpha value is -2.28. The Morgan fingerprint density at radius 2 is 2.00 bits per heavy atom. The summed E-state index contributed by atoms with van der Waals surface area (Å²) in [6.45, 7) is 0.785. The third-order valence-corrected chi connectivity index (χ3v) is 5.51. The molecule has 146 valence electrons. The first-order chi connectivity index (χ1) is 12.9. The molecule has 0 bridgehead atoms. The van der Waals surface area contributed by atoms with Gasteiger partial charge in [-0.15, -0.1) is 0 Å². The molecule has 1 saturated carbocycles. The highest BCUT2D eigenvalue weighted by molar-refractivity contribution is 6.32. The first-order valence-corrected chi connectivity index (χ1v) is 9.56. The van der Waals surface area contributed by atoms with Crippen molar-refractivity contribution in [2.45, 2.75) is 37.6 Å². The molecule has 1 aliphatic heterocycles. The molecule has 2 fully saturated rings. The Balaban J connectivity index is 1.44. The predicted octanol–water partition coefficient (Wildman–Crippen LogP) is 2.43. The molecule has 0 unspecified atom stereocenters. The zero-order valence-electron chi connectivity index (χ0n) is 15.4. The van der Waals surface area contributed by atoms with Crippen molar-refractivity contribution >= 4 is 29.4 Å². The first-order valence-electron chi connectivity index (χ1n) is 9.18. The zero-order chi connectivity index (χ0) is 19.4. The van der Waals surface area contributed by atoms with E-state index in [1.54, 1.807) is 19.2 Å². The third kappa shape index (κ3) is 4.18. The first kappa shape index (κ1) is 19.5. The number of benzene rings is 1. The van der Waals surface area contributed by atoms with E-state index in [1.165, 1.54) is 9.80 Å². The Labute approximate surface area is 163 Å². The lowest BCUT2D eigenvalue weighted by Gasteiger charge is -2.21. The molecule has 2 aliphatic rings. The van der Waals surface area contributed by atoms with Crippen molar-refractivity contribution in [3.8, 4) is 5.75 Å². The number of hydrogen-bond acceptors (Lipinski definition) is 4. The summed E-state index contributed by atoms with van der Waals surface area (Å²) in [4.78, 5) is 39.7. The summed E-state index contributed by atoms with van der Waals surface area (Å²) >= 11 is 6.02. The summed E-state index contributed by atoms with van der Waals surface area (Å²) in [5.74, 6) is 0.231. The topological polar surface area (TPSA) is 79.0 Å². The van der Waals surface area contributed by atoms with Crippen LogP contribution in [-0.4, -0.2) is 59.9 Å². The van der Waals surface area contributed by atoms with Crippen LogP contribution < -0.4 is 10.1 Å². The fourth-order valence-corrected chi connectivity index (χ4v) is 3.76. The molecule has 4 amide bonds. The number of urea groups is 1. The Morgan fingerprint density at radius 1 is 1.30 bits per heavy atom. The molecule has 1 aliphatic carbocycles. The summed E-state index contributed by atoms with van der Waals surface area (Å²) in [5, 5.41) is 3.34. The maximum Gasteiger partial charge on any atom is 0.325 e. The minimum atomic E-state index is -0.727. The van der Waals surface area contributed by atoms with Gasteiger partial charge in [0, 0.05) is 20.0 Å². The molecule has 1 N–H and O–H groups in total. The van der Waals surface area contributed by atoms with Gasteiger partial charge in [0.05, 0.1) is 11.6 Å². The molecule has 1 saturated heterocycles. The van der Waals surface area contributed by atoms with Gasteiger partial charge < -0.3 is 15.0 Å². The summed E-state index contributed by atoms with van der Waals surface area (Å²) in [7, 11) is 1.67. The van der Waals surface area contributed by atoms with Gasteiger partial charge in [-0.05, 0) is 25.0 Å². The van der Waals surface area contributed by atoms with Crippen molar-refractivity contribution in [2.75, 3.05) is 26.7 Å². The van der Waals surface area contributed by atoms with Crippen LogP contribution in [-0.2, 0) is 9.59 Å². The fraction of sp³-hybridized carbons (Fsp3) is 0.526. The molecule has 7 nitrogen and oxygen atoms in total. The molecule has 1 aromatic rings. The molecule has 0 atom stereocenters.